The zero-order valence-electron chi connectivity index (χ0n) is 11.2. The van der Waals surface area contributed by atoms with E-state index in [-0.39, 0.29) is 12.5 Å². The summed E-state index contributed by atoms with van der Waals surface area (Å²) in [4.78, 5) is 27.6. The predicted molar refractivity (Wildman–Crippen MR) is 75.7 cm³/mol. The number of aromatic nitrogens is 1. The number of nitrogens with zero attached hydrogens (tertiary/aromatic N) is 1. The normalized spacial score (nSPS) is 17.1. The number of rotatable bonds is 6. The van der Waals surface area contributed by atoms with E-state index in [4.69, 9.17) is 5.73 Å². The Labute approximate surface area is 121 Å². The molecule has 0 radical (unpaired) electrons. The second-order valence-electron chi connectivity index (χ2n) is 5.14. The van der Waals surface area contributed by atoms with E-state index in [0.717, 1.165) is 17.8 Å². The van der Waals surface area contributed by atoms with Crippen LogP contribution >= 0.6 is 11.3 Å². The number of thiazole rings is 1. The highest BCUT2D eigenvalue weighted by molar-refractivity contribution is 7.09. The highest BCUT2D eigenvalue weighted by atomic mass is 32.1. The third-order valence-electron chi connectivity index (χ3n) is 3.74. The standard InChI is InChI=1S/C13H19N3O3S/c14-6-3-10-16-9(7-20-10)11(17)15-8-13(12(18)19)4-1-2-5-13/h7H,1-6,8,14H2,(H,15,17)(H,18,19). The first-order chi connectivity index (χ1) is 9.57. The van der Waals surface area contributed by atoms with Crippen molar-refractivity contribution in [2.24, 2.45) is 11.1 Å². The number of carbonyl (C=O) groups is 2. The van der Waals surface area contributed by atoms with Gasteiger partial charge in [0.2, 0.25) is 0 Å². The predicted octanol–water partition coefficient (Wildman–Crippen LogP) is 1.02. The summed E-state index contributed by atoms with van der Waals surface area (Å²) in [5.74, 6) is -1.13. The van der Waals surface area contributed by atoms with Crippen molar-refractivity contribution in [2.75, 3.05) is 13.1 Å². The molecule has 4 N–H and O–H groups in total. The van der Waals surface area contributed by atoms with E-state index in [2.05, 4.69) is 10.3 Å². The van der Waals surface area contributed by atoms with Crippen molar-refractivity contribution in [1.29, 1.82) is 0 Å². The quantitative estimate of drug-likeness (QED) is 0.727. The first-order valence-electron chi connectivity index (χ1n) is 6.73. The van der Waals surface area contributed by atoms with Crippen LogP contribution in [0.5, 0.6) is 0 Å². The zero-order chi connectivity index (χ0) is 14.6. The fraction of sp³-hybridized carbons (Fsp3) is 0.615. The molecule has 0 bridgehead atoms. The summed E-state index contributed by atoms with van der Waals surface area (Å²) in [6.07, 6.45) is 3.70. The maximum Gasteiger partial charge on any atom is 0.311 e. The Morgan fingerprint density at radius 2 is 2.15 bits per heavy atom. The van der Waals surface area contributed by atoms with Crippen LogP contribution in [-0.4, -0.2) is 35.1 Å². The minimum Gasteiger partial charge on any atom is -0.481 e. The molecule has 0 spiro atoms. The minimum atomic E-state index is -0.822. The largest absolute Gasteiger partial charge is 0.481 e. The third kappa shape index (κ3) is 3.16. The number of nitrogens with two attached hydrogens (primary N) is 1. The number of amides is 1. The Bertz CT molecular complexity index is 495. The molecule has 1 heterocycles. The van der Waals surface area contributed by atoms with E-state index in [1.54, 1.807) is 5.38 Å². The van der Waals surface area contributed by atoms with Gasteiger partial charge in [-0.3, -0.25) is 9.59 Å². The summed E-state index contributed by atoms with van der Waals surface area (Å²) >= 11 is 1.40. The number of nitrogens with one attached hydrogen (secondary N) is 1. The van der Waals surface area contributed by atoms with E-state index in [9.17, 15) is 14.7 Å². The number of hydrogen-bond acceptors (Lipinski definition) is 5. The maximum absolute atomic E-state index is 12.0. The Hall–Kier alpha value is -1.47. The molecule has 0 aliphatic heterocycles. The molecule has 1 aromatic rings. The van der Waals surface area contributed by atoms with E-state index in [1.807, 2.05) is 0 Å². The number of carboxylic acid groups (broad SMARTS) is 1. The van der Waals surface area contributed by atoms with Gasteiger partial charge in [0.15, 0.2) is 0 Å². The summed E-state index contributed by atoms with van der Waals surface area (Å²) in [6, 6.07) is 0. The van der Waals surface area contributed by atoms with Gasteiger partial charge in [-0.1, -0.05) is 12.8 Å². The first kappa shape index (κ1) is 14.9. The van der Waals surface area contributed by atoms with Crippen LogP contribution in [0.2, 0.25) is 0 Å². The van der Waals surface area contributed by atoms with Gasteiger partial charge in [-0.2, -0.15) is 0 Å². The molecule has 1 saturated carbocycles. The third-order valence-corrected chi connectivity index (χ3v) is 4.65. The summed E-state index contributed by atoms with van der Waals surface area (Å²) < 4.78 is 0. The Kier molecular flexibility index (Phi) is 4.72. The molecule has 1 aromatic heterocycles. The summed E-state index contributed by atoms with van der Waals surface area (Å²) in [7, 11) is 0. The lowest BCUT2D eigenvalue weighted by Gasteiger charge is -2.23. The molecular weight excluding hydrogens is 278 g/mol. The molecule has 6 nitrogen and oxygen atoms in total. The molecule has 110 valence electrons. The van der Waals surface area contributed by atoms with Crippen molar-refractivity contribution in [1.82, 2.24) is 10.3 Å². The lowest BCUT2D eigenvalue weighted by atomic mass is 9.86. The highest BCUT2D eigenvalue weighted by Gasteiger charge is 2.41. The molecular formula is C13H19N3O3S. The van der Waals surface area contributed by atoms with Crippen LogP contribution in [0.4, 0.5) is 0 Å². The highest BCUT2D eigenvalue weighted by Crippen LogP contribution is 2.37. The fourth-order valence-corrected chi connectivity index (χ4v) is 3.31. The number of aliphatic carboxylic acids is 1. The molecule has 2 rings (SSSR count). The molecule has 0 aromatic carbocycles. The lowest BCUT2D eigenvalue weighted by Crippen LogP contribution is -2.41. The second kappa shape index (κ2) is 6.32. The van der Waals surface area contributed by atoms with Crippen molar-refractivity contribution in [3.8, 4) is 0 Å². The number of hydrogen-bond donors (Lipinski definition) is 3. The summed E-state index contributed by atoms with van der Waals surface area (Å²) in [6.45, 7) is 0.668. The summed E-state index contributed by atoms with van der Waals surface area (Å²) in [5, 5.41) is 14.6. The van der Waals surface area contributed by atoms with E-state index < -0.39 is 11.4 Å². The molecule has 20 heavy (non-hydrogen) atoms. The van der Waals surface area contributed by atoms with E-state index >= 15 is 0 Å². The zero-order valence-corrected chi connectivity index (χ0v) is 12.0. The van der Waals surface area contributed by atoms with Gasteiger partial charge in [0.05, 0.1) is 10.4 Å². The van der Waals surface area contributed by atoms with Crippen LogP contribution in [0.3, 0.4) is 0 Å². The molecule has 1 aliphatic rings. The monoisotopic (exact) mass is 297 g/mol. The molecule has 1 amide bonds. The lowest BCUT2D eigenvalue weighted by molar-refractivity contribution is -0.148. The summed E-state index contributed by atoms with van der Waals surface area (Å²) in [5.41, 5.74) is 4.98. The van der Waals surface area contributed by atoms with Gasteiger partial charge in [0, 0.05) is 18.3 Å². The van der Waals surface area contributed by atoms with Gasteiger partial charge in [0.25, 0.3) is 5.91 Å². The molecule has 0 unspecified atom stereocenters. The smallest absolute Gasteiger partial charge is 0.311 e. The molecule has 1 aliphatic carbocycles. The fourth-order valence-electron chi connectivity index (χ4n) is 2.51. The van der Waals surface area contributed by atoms with Gasteiger partial charge in [-0.15, -0.1) is 11.3 Å². The minimum absolute atomic E-state index is 0.172. The van der Waals surface area contributed by atoms with Crippen LogP contribution in [0, 0.1) is 5.41 Å². The molecule has 0 saturated heterocycles. The average molecular weight is 297 g/mol. The van der Waals surface area contributed by atoms with Crippen LogP contribution in [0.15, 0.2) is 5.38 Å². The van der Waals surface area contributed by atoms with Gasteiger partial charge >= 0.3 is 5.97 Å². The van der Waals surface area contributed by atoms with Gasteiger partial charge in [-0.05, 0) is 19.4 Å². The molecule has 7 heteroatoms. The molecule has 1 fully saturated rings. The van der Waals surface area contributed by atoms with Crippen LogP contribution < -0.4 is 11.1 Å². The SMILES string of the molecule is NCCc1nc(C(=O)NCC2(C(=O)O)CCCC2)cs1. The van der Waals surface area contributed by atoms with Crippen LogP contribution in [0.25, 0.3) is 0 Å². The van der Waals surface area contributed by atoms with E-state index in [0.29, 0.717) is 31.5 Å². The van der Waals surface area contributed by atoms with Crippen molar-refractivity contribution < 1.29 is 14.7 Å². The Morgan fingerprint density at radius 3 is 2.75 bits per heavy atom. The van der Waals surface area contributed by atoms with Crippen LogP contribution in [0.1, 0.15) is 41.2 Å². The maximum atomic E-state index is 12.0. The van der Waals surface area contributed by atoms with Gasteiger partial charge in [-0.25, -0.2) is 4.98 Å². The number of carboxylic acids is 1. The topological polar surface area (TPSA) is 105 Å². The van der Waals surface area contributed by atoms with Gasteiger partial charge in [0.1, 0.15) is 5.69 Å². The van der Waals surface area contributed by atoms with Crippen molar-refractivity contribution >= 4 is 23.2 Å². The first-order valence-corrected chi connectivity index (χ1v) is 7.61. The Morgan fingerprint density at radius 1 is 1.45 bits per heavy atom. The van der Waals surface area contributed by atoms with Crippen molar-refractivity contribution in [3.63, 3.8) is 0 Å². The van der Waals surface area contributed by atoms with Gasteiger partial charge < -0.3 is 16.2 Å². The number of carbonyl (C=O) groups excluding carboxylic acids is 1. The van der Waals surface area contributed by atoms with Crippen molar-refractivity contribution in [2.45, 2.75) is 32.1 Å². The average Bonchev–Trinajstić information content (AvgIpc) is 3.06. The van der Waals surface area contributed by atoms with Crippen molar-refractivity contribution in [3.05, 3.63) is 16.1 Å². The Balaban J connectivity index is 1.95. The van der Waals surface area contributed by atoms with E-state index in [1.165, 1.54) is 11.3 Å². The van der Waals surface area contributed by atoms with Crippen LogP contribution in [-0.2, 0) is 11.2 Å². The molecule has 0 atom stereocenters. The second-order valence-corrected chi connectivity index (χ2v) is 6.08.